The van der Waals surface area contributed by atoms with E-state index in [0.29, 0.717) is 10.6 Å². The lowest BCUT2D eigenvalue weighted by Crippen LogP contribution is -2.48. The smallest absolute Gasteiger partial charge is 0.341 e. The fourth-order valence-electron chi connectivity index (χ4n) is 4.64. The number of ether oxygens (including phenoxy) is 1. The van der Waals surface area contributed by atoms with Gasteiger partial charge in [0.2, 0.25) is 5.91 Å². The molecule has 0 spiro atoms. The Bertz CT molecular complexity index is 1280. The number of anilines is 1. The van der Waals surface area contributed by atoms with Crippen molar-refractivity contribution in [1.82, 2.24) is 4.90 Å². The maximum absolute atomic E-state index is 13.6. The number of carbonyl (C=O) groups is 4. The lowest BCUT2D eigenvalue weighted by atomic mass is 10.0. The Morgan fingerprint density at radius 3 is 2.29 bits per heavy atom. The van der Waals surface area contributed by atoms with Gasteiger partial charge in [0, 0.05) is 11.3 Å². The van der Waals surface area contributed by atoms with E-state index in [9.17, 15) is 19.2 Å². The summed E-state index contributed by atoms with van der Waals surface area (Å²) in [6, 6.07) is 14.7. The predicted octanol–water partition coefficient (Wildman–Crippen LogP) is 3.87. The van der Waals surface area contributed by atoms with E-state index in [1.165, 1.54) is 18.4 Å². The van der Waals surface area contributed by atoms with Crippen LogP contribution in [0.2, 0.25) is 0 Å². The molecule has 2 aromatic carbocycles. The van der Waals surface area contributed by atoms with Crippen molar-refractivity contribution < 1.29 is 23.9 Å². The number of rotatable bonds is 6. The molecule has 0 fully saturated rings. The Labute approximate surface area is 200 Å². The molecule has 1 atom stereocenters. The Kier molecular flexibility index (Phi) is 5.75. The van der Waals surface area contributed by atoms with Crippen LogP contribution >= 0.6 is 11.3 Å². The van der Waals surface area contributed by atoms with Crippen LogP contribution in [0.5, 0.6) is 0 Å². The molecule has 1 aromatic heterocycles. The quantitative estimate of drug-likeness (QED) is 0.433. The highest BCUT2D eigenvalue weighted by atomic mass is 32.1. The monoisotopic (exact) mass is 474 g/mol. The Morgan fingerprint density at radius 1 is 1.00 bits per heavy atom. The number of esters is 1. The largest absolute Gasteiger partial charge is 0.465 e. The Hall–Kier alpha value is -3.78. The van der Waals surface area contributed by atoms with Gasteiger partial charge in [-0.25, -0.2) is 4.79 Å². The normalized spacial score (nSPS) is 15.1. The highest BCUT2D eigenvalue weighted by Crippen LogP contribution is 2.40. The molecular formula is C26H22N2O5S. The predicted molar refractivity (Wildman–Crippen MR) is 127 cm³/mol. The molecule has 1 aliphatic heterocycles. The van der Waals surface area contributed by atoms with Crippen molar-refractivity contribution in [2.75, 3.05) is 12.4 Å². The number of benzene rings is 2. The van der Waals surface area contributed by atoms with Gasteiger partial charge in [-0.2, -0.15) is 0 Å². The Balaban J connectivity index is 1.51. The minimum absolute atomic E-state index is 0.150. The molecule has 1 aliphatic carbocycles. The number of imide groups is 1. The third-order valence-corrected chi connectivity index (χ3v) is 7.47. The first-order valence-electron chi connectivity index (χ1n) is 11.0. The van der Waals surface area contributed by atoms with Crippen molar-refractivity contribution in [3.8, 4) is 0 Å². The summed E-state index contributed by atoms with van der Waals surface area (Å²) in [5.41, 5.74) is 2.65. The molecule has 0 saturated heterocycles. The van der Waals surface area contributed by atoms with Gasteiger partial charge in [0.05, 0.1) is 23.8 Å². The maximum atomic E-state index is 13.6. The van der Waals surface area contributed by atoms with Crippen molar-refractivity contribution in [3.63, 3.8) is 0 Å². The average Bonchev–Trinajstić information content (AvgIpc) is 3.50. The van der Waals surface area contributed by atoms with Gasteiger partial charge >= 0.3 is 5.97 Å². The second-order valence-corrected chi connectivity index (χ2v) is 9.38. The van der Waals surface area contributed by atoms with E-state index in [-0.39, 0.29) is 17.5 Å². The molecule has 3 amide bonds. The number of hydrogen-bond acceptors (Lipinski definition) is 6. The highest BCUT2D eigenvalue weighted by Gasteiger charge is 2.43. The van der Waals surface area contributed by atoms with Gasteiger partial charge < -0.3 is 10.1 Å². The molecule has 34 heavy (non-hydrogen) atoms. The van der Waals surface area contributed by atoms with E-state index < -0.39 is 29.7 Å². The van der Waals surface area contributed by atoms with Crippen LogP contribution in [0.3, 0.4) is 0 Å². The number of carbonyl (C=O) groups excluding carboxylic acids is 4. The van der Waals surface area contributed by atoms with Crippen molar-refractivity contribution >= 4 is 40.0 Å². The maximum Gasteiger partial charge on any atom is 0.341 e. The molecule has 1 unspecified atom stereocenters. The zero-order valence-corrected chi connectivity index (χ0v) is 19.3. The SMILES string of the molecule is COC(=O)c1c(NC(=O)C(Cc2ccccc2)N2C(=O)c3ccccc3C2=O)sc2c1CCC2. The first-order chi connectivity index (χ1) is 16.5. The summed E-state index contributed by atoms with van der Waals surface area (Å²) in [6.07, 6.45) is 2.69. The summed E-state index contributed by atoms with van der Waals surface area (Å²) in [5.74, 6) is -2.03. The number of methoxy groups -OCH3 is 1. The summed E-state index contributed by atoms with van der Waals surface area (Å²) in [4.78, 5) is 54.6. The number of thiophene rings is 1. The number of nitrogens with one attached hydrogen (secondary N) is 1. The minimum atomic E-state index is -1.09. The Morgan fingerprint density at radius 2 is 1.65 bits per heavy atom. The lowest BCUT2D eigenvalue weighted by molar-refractivity contribution is -0.119. The highest BCUT2D eigenvalue weighted by molar-refractivity contribution is 7.17. The van der Waals surface area contributed by atoms with E-state index >= 15 is 0 Å². The third kappa shape index (κ3) is 3.70. The van der Waals surface area contributed by atoms with E-state index in [0.717, 1.165) is 40.2 Å². The number of hydrogen-bond donors (Lipinski definition) is 1. The second-order valence-electron chi connectivity index (χ2n) is 8.27. The van der Waals surface area contributed by atoms with E-state index in [2.05, 4.69) is 5.32 Å². The molecule has 2 aliphatic rings. The fourth-order valence-corrected chi connectivity index (χ4v) is 5.92. The van der Waals surface area contributed by atoms with Crippen LogP contribution in [0.1, 0.15) is 53.5 Å². The molecule has 3 aromatic rings. The van der Waals surface area contributed by atoms with Gasteiger partial charge in [0.15, 0.2) is 0 Å². The second kappa shape index (κ2) is 8.87. The van der Waals surface area contributed by atoms with Crippen molar-refractivity contribution in [3.05, 3.63) is 87.3 Å². The van der Waals surface area contributed by atoms with Crippen LogP contribution in [-0.4, -0.2) is 41.7 Å². The first-order valence-corrected chi connectivity index (χ1v) is 11.9. The average molecular weight is 475 g/mol. The van der Waals surface area contributed by atoms with Crippen LogP contribution in [-0.2, 0) is 28.8 Å². The molecular weight excluding hydrogens is 452 g/mol. The van der Waals surface area contributed by atoms with Gasteiger partial charge in [0.25, 0.3) is 11.8 Å². The van der Waals surface area contributed by atoms with Gasteiger partial charge in [-0.15, -0.1) is 11.3 Å². The summed E-state index contributed by atoms with van der Waals surface area (Å²) in [6.45, 7) is 0. The molecule has 0 saturated carbocycles. The summed E-state index contributed by atoms with van der Waals surface area (Å²) >= 11 is 1.35. The van der Waals surface area contributed by atoms with Crippen molar-refractivity contribution in [1.29, 1.82) is 0 Å². The molecule has 8 heteroatoms. The van der Waals surface area contributed by atoms with Gasteiger partial charge in [-0.05, 0) is 42.5 Å². The summed E-state index contributed by atoms with van der Waals surface area (Å²) in [5, 5.41) is 3.25. The van der Waals surface area contributed by atoms with Crippen LogP contribution in [0.15, 0.2) is 54.6 Å². The van der Waals surface area contributed by atoms with Gasteiger partial charge in [-0.3, -0.25) is 19.3 Å². The standard InChI is InChI=1S/C26H22N2O5S/c1-33-26(32)21-18-12-7-13-20(18)34-23(21)27-22(29)19(14-15-8-3-2-4-9-15)28-24(30)16-10-5-6-11-17(16)25(28)31/h2-6,8-11,19H,7,12-14H2,1H3,(H,27,29). The van der Waals surface area contributed by atoms with Crippen LogP contribution in [0.25, 0.3) is 0 Å². The van der Waals surface area contributed by atoms with E-state index in [1.807, 2.05) is 30.3 Å². The van der Waals surface area contributed by atoms with Crippen LogP contribution < -0.4 is 5.32 Å². The fraction of sp³-hybridized carbons (Fsp3) is 0.231. The molecule has 1 N–H and O–H groups in total. The van der Waals surface area contributed by atoms with Crippen LogP contribution in [0, 0.1) is 0 Å². The van der Waals surface area contributed by atoms with E-state index in [1.54, 1.807) is 24.3 Å². The van der Waals surface area contributed by atoms with Gasteiger partial charge in [0.1, 0.15) is 11.0 Å². The number of fused-ring (bicyclic) bond motifs is 2. The molecule has 5 rings (SSSR count). The van der Waals surface area contributed by atoms with Crippen LogP contribution in [0.4, 0.5) is 5.00 Å². The summed E-state index contributed by atoms with van der Waals surface area (Å²) < 4.78 is 4.97. The van der Waals surface area contributed by atoms with E-state index in [4.69, 9.17) is 4.74 Å². The number of aryl methyl sites for hydroxylation is 1. The van der Waals surface area contributed by atoms with Crippen molar-refractivity contribution in [2.45, 2.75) is 31.7 Å². The topological polar surface area (TPSA) is 92.8 Å². The minimum Gasteiger partial charge on any atom is -0.465 e. The van der Waals surface area contributed by atoms with Gasteiger partial charge in [-0.1, -0.05) is 42.5 Å². The molecule has 0 radical (unpaired) electrons. The molecule has 2 heterocycles. The van der Waals surface area contributed by atoms with Crippen molar-refractivity contribution in [2.24, 2.45) is 0 Å². The molecule has 172 valence electrons. The molecule has 0 bridgehead atoms. The first kappa shape index (κ1) is 22.0. The zero-order chi connectivity index (χ0) is 23.8. The number of amides is 3. The lowest BCUT2D eigenvalue weighted by Gasteiger charge is -2.25. The number of nitrogens with zero attached hydrogens (tertiary/aromatic N) is 1. The zero-order valence-electron chi connectivity index (χ0n) is 18.5. The summed E-state index contributed by atoms with van der Waals surface area (Å²) in [7, 11) is 1.31. The third-order valence-electron chi connectivity index (χ3n) is 6.26. The molecule has 7 nitrogen and oxygen atoms in total.